The summed E-state index contributed by atoms with van der Waals surface area (Å²) in [4.78, 5) is 11.8. The van der Waals surface area contributed by atoms with E-state index in [9.17, 15) is 13.2 Å². The van der Waals surface area contributed by atoms with Gasteiger partial charge in [0.25, 0.3) is 10.1 Å². The summed E-state index contributed by atoms with van der Waals surface area (Å²) in [6.07, 6.45) is 0. The molecule has 0 spiro atoms. The van der Waals surface area contributed by atoms with Crippen molar-refractivity contribution in [2.24, 2.45) is 0 Å². The molecule has 6 heteroatoms. The second-order valence-corrected chi connectivity index (χ2v) is 7.82. The minimum Gasteiger partial charge on any atom is -0.459 e. The van der Waals surface area contributed by atoms with E-state index in [-0.39, 0.29) is 11.5 Å². The van der Waals surface area contributed by atoms with Gasteiger partial charge in [0.15, 0.2) is 6.61 Å². The lowest BCUT2D eigenvalue weighted by Gasteiger charge is -2.10. The van der Waals surface area contributed by atoms with Crippen molar-refractivity contribution in [1.82, 2.24) is 0 Å². The predicted molar refractivity (Wildman–Crippen MR) is 106 cm³/mol. The van der Waals surface area contributed by atoms with Crippen molar-refractivity contribution in [3.05, 3.63) is 90.0 Å². The van der Waals surface area contributed by atoms with Gasteiger partial charge in [0, 0.05) is 0 Å². The van der Waals surface area contributed by atoms with Crippen LogP contribution in [-0.4, -0.2) is 21.0 Å². The first-order chi connectivity index (χ1) is 13.5. The molecular weight excluding hydrogens is 376 g/mol. The lowest BCUT2D eigenvalue weighted by Crippen LogP contribution is -2.17. The molecule has 3 rings (SSSR count). The van der Waals surface area contributed by atoms with E-state index in [0.717, 1.165) is 22.3 Å². The van der Waals surface area contributed by atoms with Crippen molar-refractivity contribution in [2.75, 3.05) is 6.61 Å². The molecule has 0 saturated heterocycles. The fraction of sp³-hybridized carbons (Fsp3) is 0.136. The summed E-state index contributed by atoms with van der Waals surface area (Å²) in [5, 5.41) is 0. The van der Waals surface area contributed by atoms with E-state index in [2.05, 4.69) is 0 Å². The first-order valence-corrected chi connectivity index (χ1v) is 10.1. The SMILES string of the molecule is Cc1ccc(S(=O)(=O)OCC(=O)OCc2ccccc2)cc1-c1ccccc1. The normalized spacial score (nSPS) is 11.2. The molecule has 28 heavy (non-hydrogen) atoms. The number of hydrogen-bond donors (Lipinski definition) is 0. The highest BCUT2D eigenvalue weighted by Gasteiger charge is 2.19. The average Bonchev–Trinajstić information content (AvgIpc) is 2.72. The molecule has 0 aliphatic heterocycles. The summed E-state index contributed by atoms with van der Waals surface area (Å²) >= 11 is 0. The van der Waals surface area contributed by atoms with E-state index in [1.54, 1.807) is 12.1 Å². The van der Waals surface area contributed by atoms with Gasteiger partial charge in [-0.3, -0.25) is 4.18 Å². The van der Waals surface area contributed by atoms with Crippen LogP contribution in [0.15, 0.2) is 83.8 Å². The van der Waals surface area contributed by atoms with E-state index >= 15 is 0 Å². The highest BCUT2D eigenvalue weighted by Crippen LogP contribution is 2.26. The van der Waals surface area contributed by atoms with Crippen LogP contribution in [0, 0.1) is 6.92 Å². The quantitative estimate of drug-likeness (QED) is 0.444. The molecule has 0 aromatic heterocycles. The third-order valence-corrected chi connectivity index (χ3v) is 5.42. The molecule has 0 radical (unpaired) electrons. The van der Waals surface area contributed by atoms with E-state index in [1.807, 2.05) is 67.6 Å². The second kappa shape index (κ2) is 8.82. The number of rotatable bonds is 7. The van der Waals surface area contributed by atoms with E-state index in [0.29, 0.717) is 0 Å². The van der Waals surface area contributed by atoms with Crippen LogP contribution in [0.4, 0.5) is 0 Å². The summed E-state index contributed by atoms with van der Waals surface area (Å²) in [5.74, 6) is -0.747. The van der Waals surface area contributed by atoms with Crippen molar-refractivity contribution < 1.29 is 22.1 Å². The van der Waals surface area contributed by atoms with Crippen LogP contribution in [0.1, 0.15) is 11.1 Å². The van der Waals surface area contributed by atoms with Gasteiger partial charge in [-0.25, -0.2) is 4.79 Å². The topological polar surface area (TPSA) is 69.7 Å². The second-order valence-electron chi connectivity index (χ2n) is 6.21. The zero-order valence-corrected chi connectivity index (χ0v) is 16.2. The number of carbonyl (C=O) groups is 1. The number of carbonyl (C=O) groups excluding carboxylic acids is 1. The van der Waals surface area contributed by atoms with E-state index in [1.165, 1.54) is 6.07 Å². The summed E-state index contributed by atoms with van der Waals surface area (Å²) in [7, 11) is -4.09. The predicted octanol–water partition coefficient (Wildman–Crippen LogP) is 4.11. The standard InChI is InChI=1S/C22H20O5S/c1-17-12-13-20(14-21(17)19-10-6-3-7-11-19)28(24,25)27-16-22(23)26-15-18-8-4-2-5-9-18/h2-14H,15-16H2,1H3. The molecule has 0 amide bonds. The Hall–Kier alpha value is -2.96. The van der Waals surface area contributed by atoms with Gasteiger partial charge >= 0.3 is 5.97 Å². The van der Waals surface area contributed by atoms with Crippen LogP contribution in [0.25, 0.3) is 11.1 Å². The lowest BCUT2D eigenvalue weighted by atomic mass is 10.0. The van der Waals surface area contributed by atoms with Gasteiger partial charge < -0.3 is 4.74 Å². The van der Waals surface area contributed by atoms with Crippen molar-refractivity contribution in [2.45, 2.75) is 18.4 Å². The van der Waals surface area contributed by atoms with Crippen molar-refractivity contribution in [1.29, 1.82) is 0 Å². The molecule has 0 saturated carbocycles. The van der Waals surface area contributed by atoms with Gasteiger partial charge in [-0.1, -0.05) is 66.7 Å². The Morgan fingerprint density at radius 2 is 1.54 bits per heavy atom. The maximum Gasteiger partial charge on any atom is 0.333 e. The molecule has 0 N–H and O–H groups in total. The highest BCUT2D eigenvalue weighted by molar-refractivity contribution is 7.86. The molecule has 0 fully saturated rings. The first kappa shape index (κ1) is 19.8. The van der Waals surface area contributed by atoms with Gasteiger partial charge in [-0.15, -0.1) is 0 Å². The molecule has 0 heterocycles. The molecule has 3 aromatic rings. The van der Waals surface area contributed by atoms with Crippen LogP contribution in [0.2, 0.25) is 0 Å². The Labute approximate surface area is 164 Å². The maximum absolute atomic E-state index is 12.5. The summed E-state index contributed by atoms with van der Waals surface area (Å²) < 4.78 is 34.9. The Balaban J connectivity index is 1.67. The third kappa shape index (κ3) is 5.06. The fourth-order valence-electron chi connectivity index (χ4n) is 2.66. The zero-order chi connectivity index (χ0) is 20.0. The molecule has 0 aliphatic rings. The van der Waals surface area contributed by atoms with Crippen molar-refractivity contribution >= 4 is 16.1 Å². The van der Waals surface area contributed by atoms with Crippen LogP contribution < -0.4 is 0 Å². The van der Waals surface area contributed by atoms with Gasteiger partial charge in [0.1, 0.15) is 6.61 Å². The fourth-order valence-corrected chi connectivity index (χ4v) is 3.54. The Morgan fingerprint density at radius 3 is 2.21 bits per heavy atom. The van der Waals surface area contributed by atoms with Crippen LogP contribution in [0.3, 0.4) is 0 Å². The first-order valence-electron chi connectivity index (χ1n) is 8.71. The summed E-state index contributed by atoms with van der Waals surface area (Å²) in [6.45, 7) is 1.29. The van der Waals surface area contributed by atoms with Gasteiger partial charge in [0.2, 0.25) is 0 Å². The van der Waals surface area contributed by atoms with Crippen molar-refractivity contribution in [3.63, 3.8) is 0 Å². The molecular formula is C22H20O5S. The minimum atomic E-state index is -4.09. The van der Waals surface area contributed by atoms with Crippen LogP contribution in [-0.2, 0) is 30.4 Å². The molecule has 0 unspecified atom stereocenters. The number of ether oxygens (including phenoxy) is 1. The molecule has 0 aliphatic carbocycles. The maximum atomic E-state index is 12.5. The molecule has 144 valence electrons. The number of aryl methyl sites for hydroxylation is 1. The molecule has 0 atom stereocenters. The van der Waals surface area contributed by atoms with Crippen LogP contribution >= 0.6 is 0 Å². The average molecular weight is 396 g/mol. The molecule has 0 bridgehead atoms. The number of benzene rings is 3. The lowest BCUT2D eigenvalue weighted by molar-refractivity contribution is -0.147. The highest BCUT2D eigenvalue weighted by atomic mass is 32.2. The number of hydrogen-bond acceptors (Lipinski definition) is 5. The molecule has 3 aromatic carbocycles. The van der Waals surface area contributed by atoms with Crippen molar-refractivity contribution in [3.8, 4) is 11.1 Å². The van der Waals surface area contributed by atoms with E-state index < -0.39 is 22.7 Å². The minimum absolute atomic E-state index is 0.00666. The summed E-state index contributed by atoms with van der Waals surface area (Å²) in [6, 6.07) is 23.3. The van der Waals surface area contributed by atoms with Gasteiger partial charge in [-0.05, 0) is 41.3 Å². The Bertz CT molecular complexity index is 1040. The van der Waals surface area contributed by atoms with Gasteiger partial charge in [0.05, 0.1) is 4.90 Å². The smallest absolute Gasteiger partial charge is 0.333 e. The van der Waals surface area contributed by atoms with Gasteiger partial charge in [-0.2, -0.15) is 8.42 Å². The number of esters is 1. The van der Waals surface area contributed by atoms with E-state index in [4.69, 9.17) is 8.92 Å². The molecule has 5 nitrogen and oxygen atoms in total. The monoisotopic (exact) mass is 396 g/mol. The summed E-state index contributed by atoms with van der Waals surface area (Å²) in [5.41, 5.74) is 3.44. The van der Waals surface area contributed by atoms with Crippen LogP contribution in [0.5, 0.6) is 0 Å². The Kier molecular flexibility index (Phi) is 6.23. The largest absolute Gasteiger partial charge is 0.459 e. The zero-order valence-electron chi connectivity index (χ0n) is 15.4. The third-order valence-electron chi connectivity index (χ3n) is 4.16. The Morgan fingerprint density at radius 1 is 0.893 bits per heavy atom.